The van der Waals surface area contributed by atoms with Gasteiger partial charge in [-0.05, 0) is 57.8 Å². The van der Waals surface area contributed by atoms with E-state index in [-0.39, 0.29) is 18.9 Å². The molecule has 17 atom stereocenters. The fraction of sp³-hybridized carbons (Fsp3) is 0.868. The van der Waals surface area contributed by atoms with E-state index in [0.717, 1.165) is 83.5 Å². The van der Waals surface area contributed by atoms with Gasteiger partial charge in [-0.2, -0.15) is 0 Å². The summed E-state index contributed by atoms with van der Waals surface area (Å²) in [4.78, 5) is 13.4. The summed E-state index contributed by atoms with van der Waals surface area (Å²) >= 11 is 0. The van der Waals surface area contributed by atoms with Crippen LogP contribution in [-0.2, 0) is 33.2 Å². The Morgan fingerprint density at radius 1 is 0.414 bits per heavy atom. The van der Waals surface area contributed by atoms with Gasteiger partial charge in [0.2, 0.25) is 5.91 Å². The molecule has 508 valence electrons. The number of rotatable bonds is 52. The van der Waals surface area contributed by atoms with Crippen LogP contribution in [0.25, 0.3) is 0 Å². The lowest BCUT2D eigenvalue weighted by Gasteiger charge is -2.48. The molecule has 3 fully saturated rings. The summed E-state index contributed by atoms with van der Waals surface area (Å²) in [6, 6.07) is -0.982. The zero-order chi connectivity index (χ0) is 63.3. The van der Waals surface area contributed by atoms with E-state index in [0.29, 0.717) is 6.42 Å². The van der Waals surface area contributed by atoms with Gasteiger partial charge in [0, 0.05) is 6.42 Å². The van der Waals surface area contributed by atoms with E-state index in [2.05, 4.69) is 55.6 Å². The predicted molar refractivity (Wildman–Crippen MR) is 337 cm³/mol. The smallest absolute Gasteiger partial charge is 0.220 e. The van der Waals surface area contributed by atoms with Crippen molar-refractivity contribution in [2.24, 2.45) is 0 Å². The van der Waals surface area contributed by atoms with Crippen molar-refractivity contribution in [3.63, 3.8) is 0 Å². The molecule has 3 rings (SSSR count). The molecule has 0 bridgehead atoms. The highest BCUT2D eigenvalue weighted by Gasteiger charge is 2.53. The summed E-state index contributed by atoms with van der Waals surface area (Å²) in [5.74, 6) is -0.287. The largest absolute Gasteiger partial charge is 0.394 e. The summed E-state index contributed by atoms with van der Waals surface area (Å²) in [5.41, 5.74) is 0. The van der Waals surface area contributed by atoms with Crippen LogP contribution < -0.4 is 5.32 Å². The lowest BCUT2D eigenvalue weighted by atomic mass is 9.96. The molecule has 12 N–H and O–H groups in total. The minimum atomic E-state index is -1.98. The number of ether oxygens (including phenoxy) is 6. The summed E-state index contributed by atoms with van der Waals surface area (Å²) < 4.78 is 34.3. The first kappa shape index (κ1) is 79.0. The molecule has 0 aromatic heterocycles. The Labute approximate surface area is 523 Å². The summed E-state index contributed by atoms with van der Waals surface area (Å²) in [6.45, 7) is 1.71. The SMILES string of the molecule is CCCCC/C=C\C/C=C\C/C=C\CCCCCCCCC(=O)NC(COC1OC(CO)C(OC2OC(CO)C(OC3OC(CO)C(O)C(O)C3O)C(O)C2O)C(O)C1O)C(O)/C=C/CCCCCCCCCCCCCCCCCCCCCCC. The molecule has 87 heavy (non-hydrogen) atoms. The second-order valence-electron chi connectivity index (χ2n) is 24.6. The Hall–Kier alpha value is -2.25. The molecule has 19 heteroatoms. The van der Waals surface area contributed by atoms with Gasteiger partial charge in [-0.15, -0.1) is 0 Å². The van der Waals surface area contributed by atoms with E-state index < -0.39 is 124 Å². The quantitative estimate of drug-likeness (QED) is 0.0200. The van der Waals surface area contributed by atoms with E-state index in [1.807, 2.05) is 6.08 Å². The Balaban J connectivity index is 1.46. The molecule has 0 saturated carbocycles. The zero-order valence-electron chi connectivity index (χ0n) is 53.5. The van der Waals surface area contributed by atoms with Crippen LogP contribution in [0.2, 0.25) is 0 Å². The van der Waals surface area contributed by atoms with Crippen molar-refractivity contribution in [3.8, 4) is 0 Å². The molecule has 0 aromatic carbocycles. The van der Waals surface area contributed by atoms with Crippen LogP contribution >= 0.6 is 0 Å². The highest BCUT2D eigenvalue weighted by molar-refractivity contribution is 5.76. The fourth-order valence-corrected chi connectivity index (χ4v) is 11.5. The Morgan fingerprint density at radius 2 is 0.759 bits per heavy atom. The first-order valence-corrected chi connectivity index (χ1v) is 34.4. The van der Waals surface area contributed by atoms with Crippen LogP contribution in [0, 0.1) is 0 Å². The van der Waals surface area contributed by atoms with Crippen LogP contribution in [0.5, 0.6) is 0 Å². The van der Waals surface area contributed by atoms with Crippen LogP contribution in [0.4, 0.5) is 0 Å². The molecule has 0 radical (unpaired) electrons. The van der Waals surface area contributed by atoms with Crippen LogP contribution in [-0.4, -0.2) is 193 Å². The van der Waals surface area contributed by atoms with E-state index in [4.69, 9.17) is 28.4 Å². The van der Waals surface area contributed by atoms with Crippen molar-refractivity contribution in [2.45, 2.75) is 349 Å². The van der Waals surface area contributed by atoms with E-state index in [1.165, 1.54) is 135 Å². The monoisotopic (exact) mass is 1240 g/mol. The number of allylic oxidation sites excluding steroid dienone is 7. The number of unbranched alkanes of at least 4 members (excludes halogenated alkanes) is 30. The third-order valence-corrected chi connectivity index (χ3v) is 17.1. The number of hydrogen-bond donors (Lipinski definition) is 12. The lowest BCUT2D eigenvalue weighted by Crippen LogP contribution is -2.66. The first-order chi connectivity index (χ1) is 42.3. The van der Waals surface area contributed by atoms with Gasteiger partial charge in [0.05, 0.1) is 38.6 Å². The van der Waals surface area contributed by atoms with Gasteiger partial charge in [0.1, 0.15) is 73.2 Å². The number of carbonyl (C=O) groups is 1. The van der Waals surface area contributed by atoms with Crippen molar-refractivity contribution in [1.29, 1.82) is 0 Å². The standard InChI is InChI=1S/C68H123NO18/c1-3-5-7-9-11-13-15-17-19-21-23-24-25-26-28-29-31-33-35-37-39-41-43-45-52(73)51(69-56(74)46-44-42-40-38-36-34-32-30-27-22-20-18-16-14-12-10-8-6-4-2)50-82-66-62(80)59(77)64(54(48-71)84-66)87-68-63(81)60(78)65(55(49-72)85-68)86-67-61(79)58(76)57(75)53(47-70)83-67/h12,14,18,20,27,30,43,45,51-55,57-68,70-73,75-81H,3-11,13,15-17,19,21-26,28-29,31-42,44,46-50H2,1-2H3,(H,69,74)/b14-12-,20-18-,30-27-,45-43+. The Morgan fingerprint density at radius 3 is 1.21 bits per heavy atom. The van der Waals surface area contributed by atoms with E-state index in [9.17, 15) is 61.0 Å². The molecule has 0 aromatic rings. The van der Waals surface area contributed by atoms with Gasteiger partial charge >= 0.3 is 0 Å². The second kappa shape index (κ2) is 50.3. The molecule has 19 nitrogen and oxygen atoms in total. The maximum Gasteiger partial charge on any atom is 0.220 e. The van der Waals surface area contributed by atoms with Gasteiger partial charge < -0.3 is 89.9 Å². The molecule has 3 saturated heterocycles. The van der Waals surface area contributed by atoms with Crippen LogP contribution in [0.1, 0.15) is 245 Å². The molecule has 17 unspecified atom stereocenters. The lowest BCUT2D eigenvalue weighted by molar-refractivity contribution is -0.379. The topological polar surface area (TPSA) is 307 Å². The molecule has 1 amide bonds. The zero-order valence-corrected chi connectivity index (χ0v) is 53.5. The van der Waals surface area contributed by atoms with Crippen molar-refractivity contribution in [2.75, 3.05) is 26.4 Å². The molecular formula is C68H123NO18. The molecule has 3 heterocycles. The van der Waals surface area contributed by atoms with E-state index in [1.54, 1.807) is 6.08 Å². The number of nitrogens with one attached hydrogen (secondary N) is 1. The highest BCUT2D eigenvalue weighted by Crippen LogP contribution is 2.33. The maximum atomic E-state index is 13.4. The normalized spacial score (nSPS) is 28.9. The molecule has 3 aliphatic rings. The van der Waals surface area contributed by atoms with Gasteiger partial charge in [0.25, 0.3) is 0 Å². The maximum absolute atomic E-state index is 13.4. The Bertz CT molecular complexity index is 1770. The minimum absolute atomic E-state index is 0.228. The second-order valence-corrected chi connectivity index (χ2v) is 24.6. The summed E-state index contributed by atoms with van der Waals surface area (Å²) in [5, 5.41) is 120. The van der Waals surface area contributed by atoms with Gasteiger partial charge in [-0.25, -0.2) is 0 Å². The Kier molecular flexibility index (Phi) is 45.7. The van der Waals surface area contributed by atoms with Crippen LogP contribution in [0.15, 0.2) is 48.6 Å². The molecule has 0 spiro atoms. The molecule has 3 aliphatic heterocycles. The van der Waals surface area contributed by atoms with Crippen molar-refractivity contribution in [1.82, 2.24) is 5.32 Å². The number of carbonyl (C=O) groups excluding carboxylic acids is 1. The highest BCUT2D eigenvalue weighted by atomic mass is 16.8. The van der Waals surface area contributed by atoms with Gasteiger partial charge in [-0.1, -0.05) is 229 Å². The fourth-order valence-electron chi connectivity index (χ4n) is 11.5. The van der Waals surface area contributed by atoms with Crippen molar-refractivity contribution >= 4 is 5.91 Å². The molecule has 0 aliphatic carbocycles. The number of aliphatic hydroxyl groups is 11. The average molecular weight is 1240 g/mol. The number of hydrogen-bond acceptors (Lipinski definition) is 18. The molecular weight excluding hydrogens is 1120 g/mol. The predicted octanol–water partition coefficient (Wildman–Crippen LogP) is 8.61. The average Bonchev–Trinajstić information content (AvgIpc) is 2.87. The summed E-state index contributed by atoms with van der Waals surface area (Å²) in [6.07, 6.45) is 32.2. The van der Waals surface area contributed by atoms with Gasteiger partial charge in [-0.3, -0.25) is 4.79 Å². The minimum Gasteiger partial charge on any atom is -0.394 e. The first-order valence-electron chi connectivity index (χ1n) is 34.4. The number of aliphatic hydroxyl groups excluding tert-OH is 11. The van der Waals surface area contributed by atoms with Crippen LogP contribution in [0.3, 0.4) is 0 Å². The third kappa shape index (κ3) is 32.7. The van der Waals surface area contributed by atoms with Crippen molar-refractivity contribution < 1.29 is 89.4 Å². The van der Waals surface area contributed by atoms with Gasteiger partial charge in [0.15, 0.2) is 18.9 Å². The van der Waals surface area contributed by atoms with E-state index >= 15 is 0 Å². The number of amides is 1. The summed E-state index contributed by atoms with van der Waals surface area (Å²) in [7, 11) is 0. The van der Waals surface area contributed by atoms with Crippen molar-refractivity contribution in [3.05, 3.63) is 48.6 Å². The third-order valence-electron chi connectivity index (χ3n) is 17.1.